The first kappa shape index (κ1) is 16.1. The van der Waals surface area contributed by atoms with Gasteiger partial charge in [-0.25, -0.2) is 4.98 Å². The van der Waals surface area contributed by atoms with Gasteiger partial charge in [-0.05, 0) is 55.0 Å². The van der Waals surface area contributed by atoms with Gasteiger partial charge in [-0.3, -0.25) is 0 Å². The molecule has 0 aliphatic heterocycles. The lowest BCUT2D eigenvalue weighted by Gasteiger charge is -2.11. The highest BCUT2D eigenvalue weighted by Gasteiger charge is 1.99. The van der Waals surface area contributed by atoms with Crippen LogP contribution in [0.3, 0.4) is 0 Å². The Morgan fingerprint density at radius 3 is 2.46 bits per heavy atom. The summed E-state index contributed by atoms with van der Waals surface area (Å²) in [7, 11) is 4.08. The van der Waals surface area contributed by atoms with E-state index in [2.05, 4.69) is 46.3 Å². The molecule has 3 nitrogen and oxygen atoms in total. The third-order valence-corrected chi connectivity index (χ3v) is 3.85. The molecule has 0 N–H and O–H groups in total. The van der Waals surface area contributed by atoms with Crippen LogP contribution < -0.4 is 9.64 Å². The summed E-state index contributed by atoms with van der Waals surface area (Å²) in [5.41, 5.74) is 4.28. The Balaban J connectivity index is 1.80. The van der Waals surface area contributed by atoms with Gasteiger partial charge in [0.1, 0.15) is 5.75 Å². The molecule has 2 aromatic carbocycles. The maximum Gasteiger partial charge on any atom is 0.120 e. The van der Waals surface area contributed by atoms with Crippen molar-refractivity contribution in [3.8, 4) is 5.75 Å². The summed E-state index contributed by atoms with van der Waals surface area (Å²) in [6.07, 6.45) is 4.13. The second kappa shape index (κ2) is 7.18. The van der Waals surface area contributed by atoms with Crippen molar-refractivity contribution in [2.24, 2.45) is 0 Å². The topological polar surface area (TPSA) is 25.4 Å². The van der Waals surface area contributed by atoms with Crippen LogP contribution in [0.4, 0.5) is 5.69 Å². The highest BCUT2D eigenvalue weighted by atomic mass is 16.5. The molecule has 0 saturated heterocycles. The van der Waals surface area contributed by atoms with Crippen molar-refractivity contribution in [1.29, 1.82) is 0 Å². The molecule has 0 bridgehead atoms. The number of hydrogen-bond acceptors (Lipinski definition) is 3. The zero-order valence-electron chi connectivity index (χ0n) is 14.4. The van der Waals surface area contributed by atoms with Gasteiger partial charge < -0.3 is 9.64 Å². The summed E-state index contributed by atoms with van der Waals surface area (Å²) in [5, 5.41) is 1.09. The molecule has 0 atom stereocenters. The molecule has 0 radical (unpaired) electrons. The maximum atomic E-state index is 5.53. The van der Waals surface area contributed by atoms with E-state index in [0.29, 0.717) is 6.61 Å². The highest BCUT2D eigenvalue weighted by Crippen LogP contribution is 2.21. The van der Waals surface area contributed by atoms with E-state index in [0.717, 1.165) is 27.9 Å². The first-order valence-electron chi connectivity index (χ1n) is 8.15. The number of nitrogens with zero attached hydrogens (tertiary/aromatic N) is 2. The van der Waals surface area contributed by atoms with Crippen LogP contribution in [-0.4, -0.2) is 25.7 Å². The van der Waals surface area contributed by atoms with Gasteiger partial charge in [-0.1, -0.05) is 24.3 Å². The number of aromatic nitrogens is 1. The van der Waals surface area contributed by atoms with Crippen LogP contribution in [0.2, 0.25) is 0 Å². The minimum Gasteiger partial charge on any atom is -0.494 e. The van der Waals surface area contributed by atoms with Gasteiger partial charge in [-0.2, -0.15) is 0 Å². The van der Waals surface area contributed by atoms with E-state index in [1.54, 1.807) is 0 Å². The minimum atomic E-state index is 0.673. The Hall–Kier alpha value is -2.81. The van der Waals surface area contributed by atoms with Crippen LogP contribution >= 0.6 is 0 Å². The molecule has 0 aliphatic rings. The molecule has 24 heavy (non-hydrogen) atoms. The molecule has 3 rings (SSSR count). The first-order valence-corrected chi connectivity index (χ1v) is 8.15. The highest BCUT2D eigenvalue weighted by molar-refractivity contribution is 5.82. The fraction of sp³-hybridized carbons (Fsp3) is 0.190. The Morgan fingerprint density at radius 1 is 0.958 bits per heavy atom. The average Bonchev–Trinajstić information content (AvgIpc) is 2.60. The summed E-state index contributed by atoms with van der Waals surface area (Å²) in [6, 6.07) is 18.6. The summed E-state index contributed by atoms with van der Waals surface area (Å²) in [4.78, 5) is 6.78. The Kier molecular flexibility index (Phi) is 4.80. The molecular formula is C21H22N2O. The minimum absolute atomic E-state index is 0.673. The van der Waals surface area contributed by atoms with Crippen LogP contribution in [-0.2, 0) is 0 Å². The quantitative estimate of drug-likeness (QED) is 0.671. The fourth-order valence-electron chi connectivity index (χ4n) is 2.53. The zero-order chi connectivity index (χ0) is 16.9. The van der Waals surface area contributed by atoms with Gasteiger partial charge in [0, 0.05) is 25.2 Å². The van der Waals surface area contributed by atoms with Crippen molar-refractivity contribution in [2.45, 2.75) is 6.92 Å². The van der Waals surface area contributed by atoms with E-state index in [4.69, 9.17) is 4.74 Å². The number of pyridine rings is 1. The van der Waals surface area contributed by atoms with E-state index >= 15 is 0 Å². The molecule has 0 aliphatic carbocycles. The van der Waals surface area contributed by atoms with Crippen molar-refractivity contribution < 1.29 is 4.74 Å². The zero-order valence-corrected chi connectivity index (χ0v) is 14.4. The first-order chi connectivity index (χ1) is 11.7. The Bertz CT molecular complexity index is 851. The van der Waals surface area contributed by atoms with Gasteiger partial charge in [0.15, 0.2) is 0 Å². The van der Waals surface area contributed by atoms with E-state index in [9.17, 15) is 0 Å². The van der Waals surface area contributed by atoms with Crippen LogP contribution in [0.25, 0.3) is 23.1 Å². The normalized spacial score (nSPS) is 11.1. The molecule has 122 valence electrons. The van der Waals surface area contributed by atoms with Crippen LogP contribution in [0.5, 0.6) is 5.75 Å². The average molecular weight is 318 g/mol. The third-order valence-electron chi connectivity index (χ3n) is 3.85. The van der Waals surface area contributed by atoms with E-state index < -0.39 is 0 Å². The molecule has 0 unspecified atom stereocenters. The van der Waals surface area contributed by atoms with Crippen molar-refractivity contribution in [1.82, 2.24) is 4.98 Å². The molecule has 1 heterocycles. The number of rotatable bonds is 5. The van der Waals surface area contributed by atoms with Gasteiger partial charge in [0.25, 0.3) is 0 Å². The largest absolute Gasteiger partial charge is 0.494 e. The molecule has 0 amide bonds. The Morgan fingerprint density at radius 2 is 1.75 bits per heavy atom. The van der Waals surface area contributed by atoms with Crippen molar-refractivity contribution in [3.05, 3.63) is 65.9 Å². The summed E-state index contributed by atoms with van der Waals surface area (Å²) in [6.45, 7) is 2.66. The van der Waals surface area contributed by atoms with Crippen LogP contribution in [0.1, 0.15) is 18.2 Å². The SMILES string of the molecule is CCOc1ccc2nc(/C=C/c3ccc(N(C)C)cc3)ccc2c1. The smallest absolute Gasteiger partial charge is 0.120 e. The van der Waals surface area contributed by atoms with Crippen molar-refractivity contribution >= 4 is 28.7 Å². The van der Waals surface area contributed by atoms with Crippen LogP contribution in [0.15, 0.2) is 54.6 Å². The molecular weight excluding hydrogens is 296 g/mol. The lowest BCUT2D eigenvalue weighted by molar-refractivity contribution is 0.340. The maximum absolute atomic E-state index is 5.53. The standard InChI is InChI=1S/C21H22N2O/c1-4-24-20-13-14-21-17(15-20)8-10-18(22-21)9-5-16-6-11-19(12-7-16)23(2)3/h5-15H,4H2,1-3H3/b9-5+. The van der Waals surface area contributed by atoms with Crippen molar-refractivity contribution in [3.63, 3.8) is 0 Å². The second-order valence-corrected chi connectivity index (χ2v) is 5.84. The number of anilines is 1. The predicted octanol–water partition coefficient (Wildman–Crippen LogP) is 4.87. The van der Waals surface area contributed by atoms with Gasteiger partial charge in [0.05, 0.1) is 17.8 Å². The summed E-state index contributed by atoms with van der Waals surface area (Å²) in [5.74, 6) is 0.885. The van der Waals surface area contributed by atoms with E-state index in [-0.39, 0.29) is 0 Å². The van der Waals surface area contributed by atoms with Gasteiger partial charge in [-0.15, -0.1) is 0 Å². The lowest BCUT2D eigenvalue weighted by atomic mass is 10.1. The van der Waals surface area contributed by atoms with E-state index in [1.807, 2.05) is 51.4 Å². The molecule has 0 spiro atoms. The molecule has 0 saturated carbocycles. The summed E-state index contributed by atoms with van der Waals surface area (Å²) < 4.78 is 5.53. The lowest BCUT2D eigenvalue weighted by Crippen LogP contribution is -2.07. The predicted molar refractivity (Wildman–Crippen MR) is 103 cm³/mol. The van der Waals surface area contributed by atoms with Crippen molar-refractivity contribution in [2.75, 3.05) is 25.6 Å². The monoisotopic (exact) mass is 318 g/mol. The number of ether oxygens (including phenoxy) is 1. The summed E-state index contributed by atoms with van der Waals surface area (Å²) >= 11 is 0. The number of fused-ring (bicyclic) bond motifs is 1. The molecule has 3 aromatic rings. The molecule has 3 heteroatoms. The molecule has 0 fully saturated rings. The number of hydrogen-bond donors (Lipinski definition) is 0. The number of benzene rings is 2. The van der Waals surface area contributed by atoms with Gasteiger partial charge in [0.2, 0.25) is 0 Å². The van der Waals surface area contributed by atoms with E-state index in [1.165, 1.54) is 5.69 Å². The van der Waals surface area contributed by atoms with Gasteiger partial charge >= 0.3 is 0 Å². The second-order valence-electron chi connectivity index (χ2n) is 5.84. The Labute approximate surface area is 143 Å². The third kappa shape index (κ3) is 3.74. The van der Waals surface area contributed by atoms with Crippen LogP contribution in [0, 0.1) is 0 Å². The molecule has 1 aromatic heterocycles. The fourth-order valence-corrected chi connectivity index (χ4v) is 2.53.